The van der Waals surface area contributed by atoms with E-state index in [-0.39, 0.29) is 17.3 Å². The van der Waals surface area contributed by atoms with Crippen LogP contribution in [0.1, 0.15) is 44.7 Å². The summed E-state index contributed by atoms with van der Waals surface area (Å²) < 4.78 is 45.8. The van der Waals surface area contributed by atoms with Crippen LogP contribution < -0.4 is 0 Å². The fraction of sp³-hybridized carbons (Fsp3) is 0.421. The van der Waals surface area contributed by atoms with Gasteiger partial charge in [-0.15, -0.1) is 5.73 Å². The lowest BCUT2D eigenvalue weighted by Gasteiger charge is -2.16. The molecular weight excluding hydrogens is 304 g/mol. The van der Waals surface area contributed by atoms with Gasteiger partial charge in [-0.3, -0.25) is 0 Å². The molecule has 4 heteroatoms. The van der Waals surface area contributed by atoms with E-state index in [0.29, 0.717) is 0 Å². The summed E-state index contributed by atoms with van der Waals surface area (Å²) in [6, 6.07) is 5.47. The summed E-state index contributed by atoms with van der Waals surface area (Å²) in [6.45, 7) is 14.1. The highest BCUT2D eigenvalue weighted by atomic mass is 19.4. The van der Waals surface area contributed by atoms with Gasteiger partial charge in [0.25, 0.3) is 0 Å². The van der Waals surface area contributed by atoms with Crippen LogP contribution in [0.2, 0.25) is 0 Å². The molecule has 1 saturated carbocycles. The Kier molecular flexibility index (Phi) is 8.05. The van der Waals surface area contributed by atoms with Gasteiger partial charge < -0.3 is 0 Å². The van der Waals surface area contributed by atoms with Gasteiger partial charge in [-0.1, -0.05) is 39.1 Å². The number of alkyl halides is 3. The zero-order valence-electron chi connectivity index (χ0n) is 14.1. The maximum Gasteiger partial charge on any atom is 0.409 e. The van der Waals surface area contributed by atoms with Crippen LogP contribution in [0.5, 0.6) is 0 Å². The SMILES string of the molecule is C=C=C(C)C1(c2ccc(C)cc2F)CC1.C=CC(F)(F)F.CC. The maximum atomic E-state index is 13.8. The zero-order chi connectivity index (χ0) is 18.3. The molecular formula is C19H24F4. The Bertz CT molecular complexity index is 572. The molecule has 1 aromatic rings. The molecule has 0 saturated heterocycles. The summed E-state index contributed by atoms with van der Waals surface area (Å²) in [4.78, 5) is 0. The number of hydrogen-bond donors (Lipinski definition) is 0. The molecule has 2 rings (SSSR count). The van der Waals surface area contributed by atoms with Crippen molar-refractivity contribution in [2.24, 2.45) is 0 Å². The molecule has 1 aromatic carbocycles. The van der Waals surface area contributed by atoms with E-state index in [0.717, 1.165) is 29.5 Å². The lowest BCUT2D eigenvalue weighted by atomic mass is 9.88. The highest BCUT2D eigenvalue weighted by Crippen LogP contribution is 2.54. The molecule has 0 N–H and O–H groups in total. The quantitative estimate of drug-likeness (QED) is 0.323. The fourth-order valence-corrected chi connectivity index (χ4v) is 2.15. The Hall–Kier alpha value is -1.80. The second-order valence-corrected chi connectivity index (χ2v) is 5.11. The monoisotopic (exact) mass is 328 g/mol. The minimum absolute atomic E-state index is 0.0625. The van der Waals surface area contributed by atoms with Crippen molar-refractivity contribution < 1.29 is 17.6 Å². The van der Waals surface area contributed by atoms with Crippen molar-refractivity contribution in [3.05, 3.63) is 65.7 Å². The lowest BCUT2D eigenvalue weighted by molar-refractivity contribution is -0.0795. The van der Waals surface area contributed by atoms with E-state index in [4.69, 9.17) is 0 Å². The minimum Gasteiger partial charge on any atom is -0.207 e. The number of aryl methyl sites for hydroxylation is 1. The topological polar surface area (TPSA) is 0 Å². The second kappa shape index (κ2) is 8.73. The van der Waals surface area contributed by atoms with Crippen molar-refractivity contribution in [2.45, 2.75) is 52.1 Å². The van der Waals surface area contributed by atoms with Crippen LogP contribution >= 0.6 is 0 Å². The van der Waals surface area contributed by atoms with Crippen LogP contribution in [-0.4, -0.2) is 6.18 Å². The van der Waals surface area contributed by atoms with Gasteiger partial charge in [-0.25, -0.2) is 4.39 Å². The Morgan fingerprint density at radius 2 is 1.74 bits per heavy atom. The highest BCUT2D eigenvalue weighted by Gasteiger charge is 2.47. The second-order valence-electron chi connectivity index (χ2n) is 5.11. The summed E-state index contributed by atoms with van der Waals surface area (Å²) in [5.74, 6) is -0.0953. The van der Waals surface area contributed by atoms with Gasteiger partial charge in [-0.05, 0) is 49.5 Å². The first-order valence-corrected chi connectivity index (χ1v) is 7.50. The van der Waals surface area contributed by atoms with Gasteiger partial charge in [0.2, 0.25) is 0 Å². The predicted octanol–water partition coefficient (Wildman–Crippen LogP) is 6.66. The van der Waals surface area contributed by atoms with E-state index in [9.17, 15) is 17.6 Å². The number of allylic oxidation sites excluding steroid dienone is 2. The van der Waals surface area contributed by atoms with Gasteiger partial charge in [0.15, 0.2) is 0 Å². The molecule has 0 unspecified atom stereocenters. The van der Waals surface area contributed by atoms with E-state index in [1.807, 2.05) is 39.8 Å². The molecule has 0 radical (unpaired) electrons. The standard InChI is InChI=1S/C14H15F.C3H3F3.C2H6/c1-4-11(3)14(7-8-14)12-6-5-10(2)9-13(12)15;1-2-3(4,5)6;1-2/h5-6,9H,1,7-8H2,2-3H3;2H,1H2;1-2H3. The van der Waals surface area contributed by atoms with Crippen molar-refractivity contribution in [1.29, 1.82) is 0 Å². The fourth-order valence-electron chi connectivity index (χ4n) is 2.15. The molecule has 128 valence electrons. The summed E-state index contributed by atoms with van der Waals surface area (Å²) in [7, 11) is 0. The highest BCUT2D eigenvalue weighted by molar-refractivity contribution is 5.43. The first kappa shape index (κ1) is 21.2. The summed E-state index contributed by atoms with van der Waals surface area (Å²) >= 11 is 0. The Labute approximate surface area is 136 Å². The van der Waals surface area contributed by atoms with Crippen LogP contribution in [0.25, 0.3) is 0 Å². The molecule has 0 spiro atoms. The third-order valence-corrected chi connectivity index (χ3v) is 3.60. The molecule has 1 fully saturated rings. The van der Waals surface area contributed by atoms with Crippen LogP contribution in [0.15, 0.2) is 48.7 Å². The van der Waals surface area contributed by atoms with Gasteiger partial charge in [0.05, 0.1) is 0 Å². The van der Waals surface area contributed by atoms with E-state index in [1.165, 1.54) is 0 Å². The van der Waals surface area contributed by atoms with E-state index < -0.39 is 6.18 Å². The van der Waals surface area contributed by atoms with Crippen molar-refractivity contribution in [3.63, 3.8) is 0 Å². The first-order valence-electron chi connectivity index (χ1n) is 7.50. The van der Waals surface area contributed by atoms with Crippen LogP contribution in [0.3, 0.4) is 0 Å². The van der Waals surface area contributed by atoms with Crippen molar-refractivity contribution >= 4 is 0 Å². The van der Waals surface area contributed by atoms with Gasteiger partial charge >= 0.3 is 6.18 Å². The Balaban J connectivity index is 0.000000515. The van der Waals surface area contributed by atoms with E-state index in [2.05, 4.69) is 18.9 Å². The smallest absolute Gasteiger partial charge is 0.207 e. The van der Waals surface area contributed by atoms with Crippen LogP contribution in [0, 0.1) is 12.7 Å². The number of hydrogen-bond acceptors (Lipinski definition) is 0. The van der Waals surface area contributed by atoms with Crippen molar-refractivity contribution in [2.75, 3.05) is 0 Å². The molecule has 0 aliphatic heterocycles. The predicted molar refractivity (Wildman–Crippen MR) is 88.0 cm³/mol. The lowest BCUT2D eigenvalue weighted by Crippen LogP contribution is -2.10. The molecule has 0 bridgehead atoms. The molecule has 0 nitrogen and oxygen atoms in total. The Morgan fingerprint density at radius 1 is 1.26 bits per heavy atom. The van der Waals surface area contributed by atoms with Gasteiger partial charge in [0.1, 0.15) is 5.82 Å². The molecule has 0 amide bonds. The summed E-state index contributed by atoms with van der Waals surface area (Å²) in [6.07, 6.45) is -2.23. The minimum atomic E-state index is -4.19. The summed E-state index contributed by atoms with van der Waals surface area (Å²) in [5.41, 5.74) is 5.64. The third kappa shape index (κ3) is 6.07. The van der Waals surface area contributed by atoms with Crippen molar-refractivity contribution in [1.82, 2.24) is 0 Å². The van der Waals surface area contributed by atoms with Crippen LogP contribution in [-0.2, 0) is 5.41 Å². The van der Waals surface area contributed by atoms with Gasteiger partial charge in [0, 0.05) is 11.5 Å². The maximum absolute atomic E-state index is 13.8. The average molecular weight is 328 g/mol. The van der Waals surface area contributed by atoms with E-state index in [1.54, 1.807) is 6.07 Å². The zero-order valence-corrected chi connectivity index (χ0v) is 14.1. The normalized spacial score (nSPS) is 14.3. The first-order chi connectivity index (χ1) is 10.7. The molecule has 0 heterocycles. The Morgan fingerprint density at radius 3 is 2.04 bits per heavy atom. The van der Waals surface area contributed by atoms with Crippen molar-refractivity contribution in [3.8, 4) is 0 Å². The summed E-state index contributed by atoms with van der Waals surface area (Å²) in [5, 5.41) is 0. The van der Waals surface area contributed by atoms with E-state index >= 15 is 0 Å². The molecule has 0 aromatic heterocycles. The largest absolute Gasteiger partial charge is 0.409 e. The third-order valence-electron chi connectivity index (χ3n) is 3.60. The van der Waals surface area contributed by atoms with Crippen LogP contribution in [0.4, 0.5) is 17.6 Å². The number of benzene rings is 1. The molecule has 1 aliphatic rings. The van der Waals surface area contributed by atoms with Gasteiger partial charge in [-0.2, -0.15) is 13.2 Å². The number of halogens is 4. The average Bonchev–Trinajstić information content (AvgIpc) is 3.30. The number of rotatable bonds is 2. The molecule has 1 aliphatic carbocycles. The molecule has 0 atom stereocenters. The molecule has 23 heavy (non-hydrogen) atoms.